The average Bonchev–Trinajstić information content (AvgIpc) is 2.91. The maximum absolute atomic E-state index is 4.42. The van der Waals surface area contributed by atoms with Crippen LogP contribution in [-0.4, -0.2) is 16.3 Å². The molecule has 0 spiro atoms. The SMILES string of the molecule is CCCNC(Cc1cc(C)cc(C)c1)c1cnn(CC)c1. The van der Waals surface area contributed by atoms with Gasteiger partial charge in [-0.2, -0.15) is 5.10 Å². The minimum absolute atomic E-state index is 0.339. The molecule has 0 saturated heterocycles. The molecule has 1 heterocycles. The van der Waals surface area contributed by atoms with E-state index in [-0.39, 0.29) is 0 Å². The second kappa shape index (κ2) is 7.41. The van der Waals surface area contributed by atoms with Crippen molar-refractivity contribution < 1.29 is 0 Å². The Morgan fingerprint density at radius 2 is 1.86 bits per heavy atom. The highest BCUT2D eigenvalue weighted by Crippen LogP contribution is 2.20. The Morgan fingerprint density at radius 1 is 1.14 bits per heavy atom. The number of benzene rings is 1. The van der Waals surface area contributed by atoms with Gasteiger partial charge >= 0.3 is 0 Å². The monoisotopic (exact) mass is 285 g/mol. The van der Waals surface area contributed by atoms with Crippen molar-refractivity contribution >= 4 is 0 Å². The molecule has 2 aromatic rings. The molecule has 0 radical (unpaired) electrons. The molecule has 0 aliphatic heterocycles. The molecule has 0 saturated carbocycles. The van der Waals surface area contributed by atoms with Gasteiger partial charge in [0.1, 0.15) is 0 Å². The van der Waals surface area contributed by atoms with E-state index in [9.17, 15) is 0 Å². The van der Waals surface area contributed by atoms with Gasteiger partial charge in [-0.15, -0.1) is 0 Å². The van der Waals surface area contributed by atoms with Crippen molar-refractivity contribution in [3.05, 3.63) is 52.8 Å². The van der Waals surface area contributed by atoms with E-state index in [0.29, 0.717) is 6.04 Å². The van der Waals surface area contributed by atoms with Crippen LogP contribution in [0.15, 0.2) is 30.6 Å². The molecule has 1 aromatic heterocycles. The number of nitrogens with zero attached hydrogens (tertiary/aromatic N) is 2. The van der Waals surface area contributed by atoms with Gasteiger partial charge in [-0.3, -0.25) is 4.68 Å². The van der Waals surface area contributed by atoms with E-state index < -0.39 is 0 Å². The van der Waals surface area contributed by atoms with Crippen LogP contribution in [-0.2, 0) is 13.0 Å². The topological polar surface area (TPSA) is 29.9 Å². The first kappa shape index (κ1) is 15.8. The molecule has 1 atom stereocenters. The van der Waals surface area contributed by atoms with Gasteiger partial charge < -0.3 is 5.32 Å². The maximum atomic E-state index is 4.42. The molecule has 3 heteroatoms. The van der Waals surface area contributed by atoms with E-state index in [1.165, 1.54) is 22.3 Å². The van der Waals surface area contributed by atoms with Crippen molar-refractivity contribution in [3.8, 4) is 0 Å². The Kier molecular flexibility index (Phi) is 5.57. The van der Waals surface area contributed by atoms with Crippen molar-refractivity contribution in [3.63, 3.8) is 0 Å². The molecular weight excluding hydrogens is 258 g/mol. The third-order valence-corrected chi connectivity index (χ3v) is 3.74. The van der Waals surface area contributed by atoms with Gasteiger partial charge in [0.05, 0.1) is 6.20 Å². The zero-order valence-corrected chi connectivity index (χ0v) is 13.7. The van der Waals surface area contributed by atoms with E-state index >= 15 is 0 Å². The lowest BCUT2D eigenvalue weighted by Crippen LogP contribution is -2.23. The zero-order valence-electron chi connectivity index (χ0n) is 13.7. The number of aromatic nitrogens is 2. The Labute approximate surface area is 128 Å². The van der Waals surface area contributed by atoms with E-state index in [0.717, 1.165) is 25.9 Å². The van der Waals surface area contributed by atoms with E-state index in [1.807, 2.05) is 10.9 Å². The van der Waals surface area contributed by atoms with Crippen molar-refractivity contribution in [1.82, 2.24) is 15.1 Å². The van der Waals surface area contributed by atoms with E-state index in [2.05, 4.69) is 62.5 Å². The Bertz CT molecular complexity index is 551. The predicted molar refractivity (Wildman–Crippen MR) is 88.6 cm³/mol. The number of hydrogen-bond acceptors (Lipinski definition) is 2. The first-order valence-electron chi connectivity index (χ1n) is 7.95. The molecule has 21 heavy (non-hydrogen) atoms. The zero-order chi connectivity index (χ0) is 15.2. The minimum Gasteiger partial charge on any atom is -0.310 e. The molecule has 1 N–H and O–H groups in total. The largest absolute Gasteiger partial charge is 0.310 e. The molecule has 1 aromatic carbocycles. The average molecular weight is 285 g/mol. The van der Waals surface area contributed by atoms with Gasteiger partial charge in [0.25, 0.3) is 0 Å². The summed E-state index contributed by atoms with van der Waals surface area (Å²) >= 11 is 0. The fraction of sp³-hybridized carbons (Fsp3) is 0.500. The van der Waals surface area contributed by atoms with Crippen molar-refractivity contribution in [1.29, 1.82) is 0 Å². The summed E-state index contributed by atoms with van der Waals surface area (Å²) in [7, 11) is 0. The number of aryl methyl sites for hydroxylation is 3. The molecule has 0 fully saturated rings. The molecule has 2 rings (SSSR count). The highest BCUT2D eigenvalue weighted by molar-refractivity contribution is 5.30. The van der Waals surface area contributed by atoms with E-state index in [1.54, 1.807) is 0 Å². The van der Waals surface area contributed by atoms with Crippen LogP contribution in [0.1, 0.15) is 48.6 Å². The Balaban J connectivity index is 2.19. The lowest BCUT2D eigenvalue weighted by molar-refractivity contribution is 0.528. The summed E-state index contributed by atoms with van der Waals surface area (Å²) < 4.78 is 2.00. The maximum Gasteiger partial charge on any atom is 0.0537 e. The first-order valence-corrected chi connectivity index (χ1v) is 7.95. The lowest BCUT2D eigenvalue weighted by atomic mass is 9.98. The summed E-state index contributed by atoms with van der Waals surface area (Å²) in [5.41, 5.74) is 5.35. The van der Waals surface area contributed by atoms with Crippen molar-refractivity contribution in [2.75, 3.05) is 6.54 Å². The summed E-state index contributed by atoms with van der Waals surface area (Å²) in [5.74, 6) is 0. The molecule has 0 amide bonds. The van der Waals surface area contributed by atoms with Crippen LogP contribution in [0.4, 0.5) is 0 Å². The predicted octanol–water partition coefficient (Wildman–Crippen LogP) is 3.80. The summed E-state index contributed by atoms with van der Waals surface area (Å²) in [6, 6.07) is 7.15. The molecule has 3 nitrogen and oxygen atoms in total. The Hall–Kier alpha value is -1.61. The molecule has 0 aliphatic carbocycles. The summed E-state index contributed by atoms with van der Waals surface area (Å²) in [6.45, 7) is 10.6. The molecule has 0 aliphatic rings. The first-order chi connectivity index (χ1) is 10.1. The van der Waals surface area contributed by atoms with Gasteiger partial charge in [-0.1, -0.05) is 36.2 Å². The fourth-order valence-corrected chi connectivity index (χ4v) is 2.78. The normalized spacial score (nSPS) is 12.6. The third-order valence-electron chi connectivity index (χ3n) is 3.74. The number of nitrogens with one attached hydrogen (secondary N) is 1. The van der Waals surface area contributed by atoms with Gasteiger partial charge in [-0.05, 0) is 45.7 Å². The van der Waals surface area contributed by atoms with Crippen LogP contribution in [0.2, 0.25) is 0 Å². The molecule has 1 unspecified atom stereocenters. The van der Waals surface area contributed by atoms with Crippen LogP contribution in [0.25, 0.3) is 0 Å². The van der Waals surface area contributed by atoms with Crippen LogP contribution in [0.5, 0.6) is 0 Å². The van der Waals surface area contributed by atoms with Crippen LogP contribution >= 0.6 is 0 Å². The van der Waals surface area contributed by atoms with E-state index in [4.69, 9.17) is 0 Å². The van der Waals surface area contributed by atoms with Crippen LogP contribution in [0.3, 0.4) is 0 Å². The van der Waals surface area contributed by atoms with Crippen molar-refractivity contribution in [2.24, 2.45) is 0 Å². The number of hydrogen-bond donors (Lipinski definition) is 1. The van der Waals surface area contributed by atoms with Gasteiger partial charge in [0.2, 0.25) is 0 Å². The summed E-state index contributed by atoms with van der Waals surface area (Å²) in [6.07, 6.45) is 6.32. The third kappa shape index (κ3) is 4.43. The summed E-state index contributed by atoms with van der Waals surface area (Å²) in [5, 5.41) is 8.07. The highest BCUT2D eigenvalue weighted by Gasteiger charge is 2.14. The van der Waals surface area contributed by atoms with Gasteiger partial charge in [0, 0.05) is 24.3 Å². The number of rotatable bonds is 7. The van der Waals surface area contributed by atoms with Crippen molar-refractivity contribution in [2.45, 2.75) is 53.1 Å². The fourth-order valence-electron chi connectivity index (χ4n) is 2.78. The Morgan fingerprint density at radius 3 is 2.43 bits per heavy atom. The second-order valence-electron chi connectivity index (χ2n) is 5.84. The second-order valence-corrected chi connectivity index (χ2v) is 5.84. The smallest absolute Gasteiger partial charge is 0.0537 e. The van der Waals surface area contributed by atoms with Gasteiger partial charge in [-0.25, -0.2) is 0 Å². The lowest BCUT2D eigenvalue weighted by Gasteiger charge is -2.18. The molecule has 114 valence electrons. The highest BCUT2D eigenvalue weighted by atomic mass is 15.3. The minimum atomic E-state index is 0.339. The molecule has 0 bridgehead atoms. The molecular formula is C18H27N3. The van der Waals surface area contributed by atoms with Gasteiger partial charge in [0.15, 0.2) is 0 Å². The summed E-state index contributed by atoms with van der Waals surface area (Å²) in [4.78, 5) is 0. The quantitative estimate of drug-likeness (QED) is 0.838. The van der Waals surface area contributed by atoms with Crippen LogP contribution < -0.4 is 5.32 Å². The van der Waals surface area contributed by atoms with Crippen LogP contribution in [0, 0.1) is 13.8 Å². The standard InChI is InChI=1S/C18H27N3/c1-5-7-19-18(17-12-20-21(6-2)13-17)11-16-9-14(3)8-15(4)10-16/h8-10,12-13,18-19H,5-7,11H2,1-4H3.